The molecular weight excluding hydrogens is 214 g/mol. The van der Waals surface area contributed by atoms with Crippen molar-refractivity contribution in [3.8, 4) is 0 Å². The largest absolute Gasteiger partial charge is 0.376 e. The molecule has 0 fully saturated rings. The van der Waals surface area contributed by atoms with Gasteiger partial charge in [-0.05, 0) is 11.6 Å². The number of ether oxygens (including phenoxy) is 1. The van der Waals surface area contributed by atoms with E-state index in [1.165, 1.54) is 0 Å². The number of amides is 1. The Hall–Kier alpha value is -1.06. The van der Waals surface area contributed by atoms with Crippen molar-refractivity contribution in [2.45, 2.75) is 13.5 Å². The summed E-state index contributed by atoms with van der Waals surface area (Å²) in [5.41, 5.74) is 6.01. The molecule has 0 unspecified atom stereocenters. The third-order valence-corrected chi connectivity index (χ3v) is 2.44. The molecule has 0 aliphatic carbocycles. The molecule has 82 valence electrons. The summed E-state index contributed by atoms with van der Waals surface area (Å²) >= 11 is 5.93. The molecule has 1 aromatic carbocycles. The van der Waals surface area contributed by atoms with Crippen molar-refractivity contribution in [1.29, 1.82) is 0 Å². The minimum atomic E-state index is -0.353. The van der Waals surface area contributed by atoms with Crippen molar-refractivity contribution in [3.05, 3.63) is 34.9 Å². The van der Waals surface area contributed by atoms with Crippen LogP contribution < -0.4 is 5.73 Å². The standard InChI is InChI=1S/C11H14ClNO2/c1-8(11(13)14)6-15-7-9-4-2-3-5-10(9)12/h2-5,8H,6-7H2,1H3,(H2,13,14)/t8-/m0/s1. The van der Waals surface area contributed by atoms with Crippen LogP contribution in [0.25, 0.3) is 0 Å². The molecule has 0 saturated heterocycles. The minimum Gasteiger partial charge on any atom is -0.376 e. The summed E-state index contributed by atoms with van der Waals surface area (Å²) in [6.07, 6.45) is 0. The van der Waals surface area contributed by atoms with E-state index in [4.69, 9.17) is 22.1 Å². The van der Waals surface area contributed by atoms with Gasteiger partial charge in [-0.2, -0.15) is 0 Å². The average molecular weight is 228 g/mol. The molecule has 0 spiro atoms. The van der Waals surface area contributed by atoms with Crippen LogP contribution in [0, 0.1) is 5.92 Å². The van der Waals surface area contributed by atoms with E-state index in [1.54, 1.807) is 13.0 Å². The maximum Gasteiger partial charge on any atom is 0.222 e. The first-order chi connectivity index (χ1) is 7.11. The SMILES string of the molecule is C[C@@H](COCc1ccccc1Cl)C(N)=O. The average Bonchev–Trinajstić information content (AvgIpc) is 2.20. The number of benzene rings is 1. The van der Waals surface area contributed by atoms with Gasteiger partial charge in [0.05, 0.1) is 19.1 Å². The number of hydrogen-bond acceptors (Lipinski definition) is 2. The number of carbonyl (C=O) groups excluding carboxylic acids is 1. The van der Waals surface area contributed by atoms with Gasteiger partial charge in [0.2, 0.25) is 5.91 Å². The quantitative estimate of drug-likeness (QED) is 0.836. The molecule has 1 rings (SSSR count). The third kappa shape index (κ3) is 3.90. The number of rotatable bonds is 5. The van der Waals surface area contributed by atoms with Crippen LogP contribution >= 0.6 is 11.6 Å². The van der Waals surface area contributed by atoms with Crippen molar-refractivity contribution >= 4 is 17.5 Å². The molecular formula is C11H14ClNO2. The number of hydrogen-bond donors (Lipinski definition) is 1. The van der Waals surface area contributed by atoms with Gasteiger partial charge in [0, 0.05) is 5.02 Å². The molecule has 0 bridgehead atoms. The van der Waals surface area contributed by atoms with Gasteiger partial charge < -0.3 is 10.5 Å². The summed E-state index contributed by atoms with van der Waals surface area (Å²) < 4.78 is 5.34. The molecule has 0 heterocycles. The van der Waals surface area contributed by atoms with Crippen molar-refractivity contribution in [2.24, 2.45) is 11.7 Å². The molecule has 1 amide bonds. The Morgan fingerprint density at radius 2 is 2.20 bits per heavy atom. The second-order valence-electron chi connectivity index (χ2n) is 3.41. The fourth-order valence-corrected chi connectivity index (χ4v) is 1.23. The van der Waals surface area contributed by atoms with Gasteiger partial charge in [-0.1, -0.05) is 36.7 Å². The van der Waals surface area contributed by atoms with Crippen molar-refractivity contribution in [3.63, 3.8) is 0 Å². The summed E-state index contributed by atoms with van der Waals surface area (Å²) in [7, 11) is 0. The lowest BCUT2D eigenvalue weighted by molar-refractivity contribution is -0.123. The molecule has 1 atom stereocenters. The van der Waals surface area contributed by atoms with Gasteiger partial charge in [-0.15, -0.1) is 0 Å². The van der Waals surface area contributed by atoms with Gasteiger partial charge >= 0.3 is 0 Å². The first-order valence-electron chi connectivity index (χ1n) is 4.71. The van der Waals surface area contributed by atoms with Crippen LogP contribution in [-0.4, -0.2) is 12.5 Å². The zero-order valence-electron chi connectivity index (χ0n) is 8.57. The highest BCUT2D eigenvalue weighted by Gasteiger charge is 2.08. The van der Waals surface area contributed by atoms with E-state index < -0.39 is 0 Å². The van der Waals surface area contributed by atoms with E-state index in [9.17, 15) is 4.79 Å². The van der Waals surface area contributed by atoms with Crippen LogP contribution in [-0.2, 0) is 16.1 Å². The van der Waals surface area contributed by atoms with E-state index in [1.807, 2.05) is 18.2 Å². The second kappa shape index (κ2) is 5.73. The predicted molar refractivity (Wildman–Crippen MR) is 59.5 cm³/mol. The second-order valence-corrected chi connectivity index (χ2v) is 3.82. The third-order valence-electron chi connectivity index (χ3n) is 2.07. The summed E-state index contributed by atoms with van der Waals surface area (Å²) in [5, 5.41) is 0.671. The zero-order chi connectivity index (χ0) is 11.3. The van der Waals surface area contributed by atoms with E-state index in [-0.39, 0.29) is 11.8 Å². The molecule has 0 aliphatic heterocycles. The summed E-state index contributed by atoms with van der Waals surface area (Å²) in [5.74, 6) is -0.623. The Bertz CT molecular complexity index is 341. The van der Waals surface area contributed by atoms with E-state index in [2.05, 4.69) is 0 Å². The van der Waals surface area contributed by atoms with Crippen molar-refractivity contribution in [1.82, 2.24) is 0 Å². The maximum atomic E-state index is 10.7. The maximum absolute atomic E-state index is 10.7. The number of nitrogens with two attached hydrogens (primary N) is 1. The fourth-order valence-electron chi connectivity index (χ4n) is 1.04. The smallest absolute Gasteiger partial charge is 0.222 e. The Kier molecular flexibility index (Phi) is 4.59. The van der Waals surface area contributed by atoms with Gasteiger partial charge in [-0.25, -0.2) is 0 Å². The molecule has 0 radical (unpaired) electrons. The fraction of sp³-hybridized carbons (Fsp3) is 0.364. The first-order valence-corrected chi connectivity index (χ1v) is 5.09. The normalized spacial score (nSPS) is 12.4. The lowest BCUT2D eigenvalue weighted by Gasteiger charge is -2.09. The molecule has 0 aromatic heterocycles. The topological polar surface area (TPSA) is 52.3 Å². The molecule has 15 heavy (non-hydrogen) atoms. The van der Waals surface area contributed by atoms with Gasteiger partial charge in [0.15, 0.2) is 0 Å². The molecule has 2 N–H and O–H groups in total. The molecule has 0 aliphatic rings. The first kappa shape index (κ1) is 12.0. The Morgan fingerprint density at radius 1 is 1.53 bits per heavy atom. The lowest BCUT2D eigenvalue weighted by Crippen LogP contribution is -2.24. The Balaban J connectivity index is 2.38. The van der Waals surface area contributed by atoms with Crippen LogP contribution in [0.1, 0.15) is 12.5 Å². The molecule has 1 aromatic rings. The monoisotopic (exact) mass is 227 g/mol. The van der Waals surface area contributed by atoms with Crippen LogP contribution in [0.4, 0.5) is 0 Å². The summed E-state index contributed by atoms with van der Waals surface area (Å²) in [6, 6.07) is 7.44. The Labute approximate surface area is 94.2 Å². The minimum absolute atomic E-state index is 0.271. The lowest BCUT2D eigenvalue weighted by atomic mass is 10.2. The van der Waals surface area contributed by atoms with Gasteiger partial charge in [0.1, 0.15) is 0 Å². The highest BCUT2D eigenvalue weighted by Crippen LogP contribution is 2.15. The van der Waals surface area contributed by atoms with E-state index >= 15 is 0 Å². The molecule has 3 nitrogen and oxygen atoms in total. The summed E-state index contributed by atoms with van der Waals surface area (Å²) in [4.78, 5) is 10.7. The highest BCUT2D eigenvalue weighted by atomic mass is 35.5. The van der Waals surface area contributed by atoms with Crippen LogP contribution in [0.5, 0.6) is 0 Å². The van der Waals surface area contributed by atoms with Gasteiger partial charge in [-0.3, -0.25) is 4.79 Å². The summed E-state index contributed by atoms with van der Waals surface area (Å²) in [6.45, 7) is 2.45. The number of primary amides is 1. The Morgan fingerprint density at radius 3 is 2.80 bits per heavy atom. The van der Waals surface area contributed by atoms with E-state index in [0.29, 0.717) is 18.2 Å². The van der Waals surface area contributed by atoms with Gasteiger partial charge in [0.25, 0.3) is 0 Å². The van der Waals surface area contributed by atoms with Crippen molar-refractivity contribution < 1.29 is 9.53 Å². The zero-order valence-corrected chi connectivity index (χ0v) is 9.33. The van der Waals surface area contributed by atoms with Crippen LogP contribution in [0.3, 0.4) is 0 Å². The highest BCUT2D eigenvalue weighted by molar-refractivity contribution is 6.31. The van der Waals surface area contributed by atoms with E-state index in [0.717, 1.165) is 5.56 Å². The van der Waals surface area contributed by atoms with Crippen LogP contribution in [0.15, 0.2) is 24.3 Å². The number of carbonyl (C=O) groups is 1. The van der Waals surface area contributed by atoms with Crippen LogP contribution in [0.2, 0.25) is 5.02 Å². The predicted octanol–water partition coefficient (Wildman–Crippen LogP) is 1.98. The number of halogens is 1. The molecule has 4 heteroatoms. The van der Waals surface area contributed by atoms with Crippen molar-refractivity contribution in [2.75, 3.05) is 6.61 Å². The molecule has 0 saturated carbocycles.